The van der Waals surface area contributed by atoms with Gasteiger partial charge in [0.15, 0.2) is 5.92 Å². The van der Waals surface area contributed by atoms with Gasteiger partial charge >= 0.3 is 5.97 Å². The monoisotopic (exact) mass is 440 g/mol. The SMILES string of the molecule is CCOC(=O)[C@@H]1C(=O)NC(N2CCN(c3ccccc3)CC2)=N[C@@H]1c1cccc(Cl)c1. The van der Waals surface area contributed by atoms with Crippen molar-refractivity contribution in [2.45, 2.75) is 13.0 Å². The number of nitrogens with zero attached hydrogens (tertiary/aromatic N) is 3. The van der Waals surface area contributed by atoms with E-state index in [1.807, 2.05) is 24.3 Å². The van der Waals surface area contributed by atoms with Crippen LogP contribution in [0.1, 0.15) is 18.5 Å². The summed E-state index contributed by atoms with van der Waals surface area (Å²) in [5.41, 5.74) is 1.89. The number of amides is 1. The number of anilines is 1. The van der Waals surface area contributed by atoms with Crippen LogP contribution in [-0.4, -0.2) is 55.5 Å². The van der Waals surface area contributed by atoms with Gasteiger partial charge in [-0.25, -0.2) is 4.99 Å². The average molecular weight is 441 g/mol. The molecule has 0 unspecified atom stereocenters. The molecule has 2 aliphatic rings. The summed E-state index contributed by atoms with van der Waals surface area (Å²) in [4.78, 5) is 34.6. The molecule has 2 aliphatic heterocycles. The van der Waals surface area contributed by atoms with Crippen LogP contribution in [-0.2, 0) is 14.3 Å². The summed E-state index contributed by atoms with van der Waals surface area (Å²) in [6.07, 6.45) is 0. The predicted molar refractivity (Wildman–Crippen MR) is 120 cm³/mol. The summed E-state index contributed by atoms with van der Waals surface area (Å²) in [6.45, 7) is 4.95. The van der Waals surface area contributed by atoms with Crippen molar-refractivity contribution in [3.63, 3.8) is 0 Å². The van der Waals surface area contributed by atoms with Crippen molar-refractivity contribution in [3.8, 4) is 0 Å². The first-order chi connectivity index (χ1) is 15.1. The lowest BCUT2D eigenvalue weighted by molar-refractivity contribution is -0.153. The van der Waals surface area contributed by atoms with Gasteiger partial charge in [0.05, 0.1) is 6.61 Å². The quantitative estimate of drug-likeness (QED) is 0.584. The van der Waals surface area contributed by atoms with Gasteiger partial charge in [0, 0.05) is 36.9 Å². The minimum absolute atomic E-state index is 0.197. The number of nitrogens with one attached hydrogen (secondary N) is 1. The molecule has 0 aliphatic carbocycles. The van der Waals surface area contributed by atoms with E-state index in [9.17, 15) is 9.59 Å². The maximum atomic E-state index is 13.0. The fourth-order valence-electron chi connectivity index (χ4n) is 3.97. The topological polar surface area (TPSA) is 74.2 Å². The molecule has 1 fully saturated rings. The van der Waals surface area contributed by atoms with E-state index in [4.69, 9.17) is 21.3 Å². The molecule has 2 heterocycles. The number of benzene rings is 2. The molecule has 2 aromatic rings. The number of carbonyl (C=O) groups is 2. The number of aliphatic imine (C=N–C) groups is 1. The van der Waals surface area contributed by atoms with Gasteiger partial charge in [-0.2, -0.15) is 0 Å². The van der Waals surface area contributed by atoms with E-state index in [-0.39, 0.29) is 6.61 Å². The Balaban J connectivity index is 1.57. The molecule has 1 N–H and O–H groups in total. The van der Waals surface area contributed by atoms with E-state index in [0.29, 0.717) is 29.6 Å². The normalized spacial score (nSPS) is 21.4. The molecule has 2 atom stereocenters. The van der Waals surface area contributed by atoms with Crippen LogP contribution in [0, 0.1) is 5.92 Å². The van der Waals surface area contributed by atoms with Gasteiger partial charge in [-0.15, -0.1) is 0 Å². The van der Waals surface area contributed by atoms with Crippen LogP contribution >= 0.6 is 11.6 Å². The molecule has 31 heavy (non-hydrogen) atoms. The van der Waals surface area contributed by atoms with Crippen LogP contribution in [0.25, 0.3) is 0 Å². The number of ether oxygens (including phenoxy) is 1. The molecule has 0 aromatic heterocycles. The predicted octanol–water partition coefficient (Wildman–Crippen LogP) is 2.87. The number of halogens is 1. The Bertz CT molecular complexity index is 974. The zero-order valence-electron chi connectivity index (χ0n) is 17.3. The lowest BCUT2D eigenvalue weighted by atomic mass is 9.91. The van der Waals surface area contributed by atoms with E-state index in [2.05, 4.69) is 27.2 Å². The largest absolute Gasteiger partial charge is 0.465 e. The molecule has 0 bridgehead atoms. The molecular weight excluding hydrogens is 416 g/mol. The van der Waals surface area contributed by atoms with Gasteiger partial charge in [-0.1, -0.05) is 41.9 Å². The molecule has 2 aromatic carbocycles. The van der Waals surface area contributed by atoms with Crippen molar-refractivity contribution in [1.29, 1.82) is 0 Å². The third-order valence-electron chi connectivity index (χ3n) is 5.53. The third kappa shape index (κ3) is 4.66. The summed E-state index contributed by atoms with van der Waals surface area (Å²) >= 11 is 6.17. The molecule has 8 heteroatoms. The molecule has 4 rings (SSSR count). The second kappa shape index (κ2) is 9.39. The van der Waals surface area contributed by atoms with Gasteiger partial charge in [-0.3, -0.25) is 14.9 Å². The number of piperazine rings is 1. The van der Waals surface area contributed by atoms with Crippen molar-refractivity contribution in [2.75, 3.05) is 37.7 Å². The van der Waals surface area contributed by atoms with Crippen LogP contribution in [0.2, 0.25) is 5.02 Å². The summed E-state index contributed by atoms with van der Waals surface area (Å²) in [5.74, 6) is -1.54. The number of hydrogen-bond donors (Lipinski definition) is 1. The molecule has 1 amide bonds. The molecular formula is C23H25ClN4O3. The minimum Gasteiger partial charge on any atom is -0.465 e. The Labute approximate surface area is 186 Å². The van der Waals surface area contributed by atoms with Crippen LogP contribution < -0.4 is 10.2 Å². The van der Waals surface area contributed by atoms with E-state index in [1.165, 1.54) is 5.69 Å². The lowest BCUT2D eigenvalue weighted by Gasteiger charge is -2.39. The highest BCUT2D eigenvalue weighted by Gasteiger charge is 2.42. The van der Waals surface area contributed by atoms with E-state index >= 15 is 0 Å². The first kappa shape index (κ1) is 21.2. The zero-order valence-corrected chi connectivity index (χ0v) is 18.1. The van der Waals surface area contributed by atoms with Crippen molar-refractivity contribution >= 4 is 35.1 Å². The number of guanidine groups is 1. The summed E-state index contributed by atoms with van der Waals surface area (Å²) in [7, 11) is 0. The summed E-state index contributed by atoms with van der Waals surface area (Å²) < 4.78 is 5.16. The Hall–Kier alpha value is -3.06. The number of para-hydroxylation sites is 1. The lowest BCUT2D eigenvalue weighted by Crippen LogP contribution is -2.57. The Morgan fingerprint density at radius 1 is 1.10 bits per heavy atom. The van der Waals surface area contributed by atoms with Crippen molar-refractivity contribution in [1.82, 2.24) is 10.2 Å². The fourth-order valence-corrected chi connectivity index (χ4v) is 4.17. The summed E-state index contributed by atoms with van der Waals surface area (Å²) in [5, 5.41) is 3.36. The Morgan fingerprint density at radius 2 is 1.81 bits per heavy atom. The van der Waals surface area contributed by atoms with Crippen LogP contribution in [0.4, 0.5) is 5.69 Å². The molecule has 0 radical (unpaired) electrons. The minimum atomic E-state index is -1.05. The first-order valence-electron chi connectivity index (χ1n) is 10.4. The molecule has 162 valence electrons. The third-order valence-corrected chi connectivity index (χ3v) is 5.76. The number of rotatable bonds is 4. The van der Waals surface area contributed by atoms with Crippen molar-refractivity contribution < 1.29 is 14.3 Å². The highest BCUT2D eigenvalue weighted by molar-refractivity contribution is 6.30. The second-order valence-electron chi connectivity index (χ2n) is 7.48. The van der Waals surface area contributed by atoms with E-state index in [0.717, 1.165) is 13.1 Å². The van der Waals surface area contributed by atoms with Crippen LogP contribution in [0.3, 0.4) is 0 Å². The van der Waals surface area contributed by atoms with Crippen molar-refractivity contribution in [3.05, 3.63) is 65.2 Å². The van der Waals surface area contributed by atoms with Gasteiger partial charge < -0.3 is 14.5 Å². The highest BCUT2D eigenvalue weighted by atomic mass is 35.5. The maximum Gasteiger partial charge on any atom is 0.321 e. The molecule has 1 saturated heterocycles. The molecule has 0 spiro atoms. The van der Waals surface area contributed by atoms with Crippen LogP contribution in [0.5, 0.6) is 0 Å². The number of hydrogen-bond acceptors (Lipinski definition) is 6. The Morgan fingerprint density at radius 3 is 2.48 bits per heavy atom. The number of carbonyl (C=O) groups excluding carboxylic acids is 2. The van der Waals surface area contributed by atoms with E-state index < -0.39 is 23.8 Å². The van der Waals surface area contributed by atoms with Gasteiger partial charge in [0.25, 0.3) is 0 Å². The van der Waals surface area contributed by atoms with Gasteiger partial charge in [-0.05, 0) is 36.8 Å². The average Bonchev–Trinajstić information content (AvgIpc) is 2.79. The second-order valence-corrected chi connectivity index (χ2v) is 7.92. The molecule has 7 nitrogen and oxygen atoms in total. The van der Waals surface area contributed by atoms with Crippen molar-refractivity contribution in [2.24, 2.45) is 10.9 Å². The van der Waals surface area contributed by atoms with E-state index in [1.54, 1.807) is 25.1 Å². The zero-order chi connectivity index (χ0) is 21.8. The smallest absolute Gasteiger partial charge is 0.321 e. The van der Waals surface area contributed by atoms with Gasteiger partial charge in [0.2, 0.25) is 11.9 Å². The highest BCUT2D eigenvalue weighted by Crippen LogP contribution is 2.32. The number of esters is 1. The Kier molecular flexibility index (Phi) is 6.42. The fraction of sp³-hybridized carbons (Fsp3) is 0.348. The molecule has 0 saturated carbocycles. The maximum absolute atomic E-state index is 13.0. The summed E-state index contributed by atoms with van der Waals surface area (Å²) in [6, 6.07) is 16.7. The standard InChI is InChI=1S/C23H25ClN4O3/c1-2-31-22(30)19-20(16-7-6-8-17(24)15-16)25-23(26-21(19)29)28-13-11-27(12-14-28)18-9-4-3-5-10-18/h3-10,15,19-20H,2,11-14H2,1H3,(H,25,26,29)/t19-,20+/m0/s1. The first-order valence-corrected chi connectivity index (χ1v) is 10.8. The van der Waals surface area contributed by atoms with Crippen LogP contribution in [0.15, 0.2) is 59.6 Å². The van der Waals surface area contributed by atoms with Gasteiger partial charge in [0.1, 0.15) is 6.04 Å².